The van der Waals surface area contributed by atoms with Crippen LogP contribution in [-0.4, -0.2) is 51.3 Å². The number of aromatic nitrogens is 2. The Morgan fingerprint density at radius 1 is 1.28 bits per heavy atom. The summed E-state index contributed by atoms with van der Waals surface area (Å²) in [5.74, 6) is 1.59. The molecular formula is C18H30N4O3. The third-order valence-corrected chi connectivity index (χ3v) is 5.50. The Hall–Kier alpha value is -1.47. The minimum atomic E-state index is -1.32. The number of nitrogens with one attached hydrogen (secondary N) is 1. The van der Waals surface area contributed by atoms with Crippen LogP contribution >= 0.6 is 0 Å². The van der Waals surface area contributed by atoms with Crippen LogP contribution in [0.2, 0.25) is 0 Å². The predicted molar refractivity (Wildman–Crippen MR) is 92.7 cm³/mol. The van der Waals surface area contributed by atoms with Gasteiger partial charge in [-0.25, -0.2) is 0 Å². The maximum absolute atomic E-state index is 12.8. The van der Waals surface area contributed by atoms with Gasteiger partial charge in [-0.05, 0) is 25.2 Å². The van der Waals surface area contributed by atoms with Gasteiger partial charge in [0.1, 0.15) is 0 Å². The number of aliphatic hydroxyl groups is 1. The van der Waals surface area contributed by atoms with E-state index in [0.29, 0.717) is 24.7 Å². The van der Waals surface area contributed by atoms with Gasteiger partial charge >= 0.3 is 0 Å². The molecule has 1 aromatic rings. The van der Waals surface area contributed by atoms with Gasteiger partial charge in [0.15, 0.2) is 5.60 Å². The highest BCUT2D eigenvalue weighted by atomic mass is 16.4. The molecule has 1 unspecified atom stereocenters. The number of amides is 1. The van der Waals surface area contributed by atoms with E-state index in [2.05, 4.69) is 15.5 Å². The highest BCUT2D eigenvalue weighted by molar-refractivity contribution is 5.86. The van der Waals surface area contributed by atoms with E-state index in [1.165, 1.54) is 32.1 Å². The monoisotopic (exact) mass is 350 g/mol. The maximum atomic E-state index is 12.8. The molecule has 1 amide bonds. The number of carbonyl (C=O) groups is 1. The average Bonchev–Trinajstić information content (AvgIpc) is 3.03. The van der Waals surface area contributed by atoms with Crippen molar-refractivity contribution in [3.8, 4) is 0 Å². The molecule has 7 heteroatoms. The van der Waals surface area contributed by atoms with E-state index in [1.54, 1.807) is 6.92 Å². The van der Waals surface area contributed by atoms with Crippen molar-refractivity contribution in [2.45, 2.75) is 70.4 Å². The minimum absolute atomic E-state index is 0.135. The predicted octanol–water partition coefficient (Wildman–Crippen LogP) is 1.79. The molecule has 2 N–H and O–H groups in total. The summed E-state index contributed by atoms with van der Waals surface area (Å²) in [5, 5.41) is 21.6. The number of aryl methyl sites for hydroxylation is 1. The number of hydrogen-bond donors (Lipinski definition) is 2. The van der Waals surface area contributed by atoms with Crippen LogP contribution in [0.25, 0.3) is 0 Å². The van der Waals surface area contributed by atoms with Crippen LogP contribution in [0, 0.1) is 12.8 Å². The van der Waals surface area contributed by atoms with Crippen molar-refractivity contribution < 1.29 is 14.3 Å². The van der Waals surface area contributed by atoms with Gasteiger partial charge in [0.05, 0.1) is 6.54 Å². The summed E-state index contributed by atoms with van der Waals surface area (Å²) in [6.07, 6.45) is 8.98. The lowest BCUT2D eigenvalue weighted by atomic mass is 9.86. The topological polar surface area (TPSA) is 91.5 Å². The Morgan fingerprint density at radius 2 is 2.08 bits per heavy atom. The van der Waals surface area contributed by atoms with Crippen molar-refractivity contribution in [3.63, 3.8) is 0 Å². The third-order valence-electron chi connectivity index (χ3n) is 5.50. The van der Waals surface area contributed by atoms with E-state index in [4.69, 9.17) is 4.42 Å². The van der Waals surface area contributed by atoms with Gasteiger partial charge < -0.3 is 19.7 Å². The molecule has 1 saturated carbocycles. The van der Waals surface area contributed by atoms with E-state index < -0.39 is 5.60 Å². The number of hydrogen-bond acceptors (Lipinski definition) is 6. The number of carbonyl (C=O) groups excluding carboxylic acids is 1. The molecule has 2 aliphatic rings. The van der Waals surface area contributed by atoms with E-state index in [1.807, 2.05) is 4.90 Å². The highest BCUT2D eigenvalue weighted by Crippen LogP contribution is 2.28. The van der Waals surface area contributed by atoms with Gasteiger partial charge in [0.25, 0.3) is 5.91 Å². The lowest BCUT2D eigenvalue weighted by molar-refractivity contribution is -0.156. The molecule has 7 nitrogen and oxygen atoms in total. The Bertz CT molecular complexity index is 570. The first kappa shape index (κ1) is 18.3. The molecule has 2 fully saturated rings. The van der Waals surface area contributed by atoms with Crippen LogP contribution in [0.5, 0.6) is 0 Å². The van der Waals surface area contributed by atoms with Crippen LogP contribution < -0.4 is 5.32 Å². The minimum Gasteiger partial charge on any atom is -0.424 e. The van der Waals surface area contributed by atoms with Crippen molar-refractivity contribution in [2.75, 3.05) is 19.6 Å². The number of rotatable bonds is 7. The first-order chi connectivity index (χ1) is 12.1. The van der Waals surface area contributed by atoms with Crippen LogP contribution in [-0.2, 0) is 11.3 Å². The fraction of sp³-hybridized carbons (Fsp3) is 0.833. The Kier molecular flexibility index (Phi) is 6.06. The Labute approximate surface area is 149 Å². The summed E-state index contributed by atoms with van der Waals surface area (Å²) >= 11 is 0. The molecule has 0 bridgehead atoms. The van der Waals surface area contributed by atoms with E-state index in [9.17, 15) is 9.90 Å². The van der Waals surface area contributed by atoms with E-state index >= 15 is 0 Å². The summed E-state index contributed by atoms with van der Waals surface area (Å²) in [7, 11) is 0. The highest BCUT2D eigenvalue weighted by Gasteiger charge is 2.41. The first-order valence-corrected chi connectivity index (χ1v) is 9.58. The lowest BCUT2D eigenvalue weighted by Crippen LogP contribution is -2.58. The van der Waals surface area contributed by atoms with Crippen molar-refractivity contribution in [1.82, 2.24) is 20.4 Å². The normalized spacial score (nSPS) is 25.5. The summed E-state index contributed by atoms with van der Waals surface area (Å²) < 4.78 is 5.30. The second kappa shape index (κ2) is 8.27. The second-order valence-corrected chi connectivity index (χ2v) is 7.54. The molecule has 25 heavy (non-hydrogen) atoms. The third kappa shape index (κ3) is 4.79. The summed E-state index contributed by atoms with van der Waals surface area (Å²) in [5.41, 5.74) is -1.32. The lowest BCUT2D eigenvalue weighted by Gasteiger charge is -2.39. The molecule has 1 atom stereocenters. The van der Waals surface area contributed by atoms with Crippen LogP contribution in [0.3, 0.4) is 0 Å². The molecule has 0 spiro atoms. The van der Waals surface area contributed by atoms with E-state index in [-0.39, 0.29) is 12.5 Å². The van der Waals surface area contributed by atoms with Gasteiger partial charge in [-0.3, -0.25) is 4.79 Å². The van der Waals surface area contributed by atoms with Crippen molar-refractivity contribution >= 4 is 5.91 Å². The summed E-state index contributed by atoms with van der Waals surface area (Å²) in [4.78, 5) is 14.6. The molecular weight excluding hydrogens is 320 g/mol. The smallest absolute Gasteiger partial charge is 0.255 e. The SMILES string of the molecule is Cc1nnc(CNCC2(O)CCCN(CCC3CCCCC3)C2=O)o1. The van der Waals surface area contributed by atoms with Crippen LogP contribution in [0.15, 0.2) is 4.42 Å². The molecule has 2 heterocycles. The maximum Gasteiger partial charge on any atom is 0.255 e. The fourth-order valence-corrected chi connectivity index (χ4v) is 4.04. The quantitative estimate of drug-likeness (QED) is 0.779. The van der Waals surface area contributed by atoms with Crippen molar-refractivity contribution in [2.24, 2.45) is 5.92 Å². The Balaban J connectivity index is 1.47. The fourth-order valence-electron chi connectivity index (χ4n) is 4.04. The molecule has 3 rings (SSSR count). The molecule has 1 aromatic heterocycles. The van der Waals surface area contributed by atoms with Gasteiger partial charge in [-0.15, -0.1) is 10.2 Å². The van der Waals surface area contributed by atoms with Gasteiger partial charge in [-0.1, -0.05) is 32.1 Å². The summed E-state index contributed by atoms with van der Waals surface area (Å²) in [6.45, 7) is 3.84. The molecule has 0 radical (unpaired) electrons. The largest absolute Gasteiger partial charge is 0.424 e. The zero-order valence-electron chi connectivity index (χ0n) is 15.2. The molecule has 1 saturated heterocycles. The summed E-state index contributed by atoms with van der Waals surface area (Å²) in [6, 6.07) is 0. The number of likely N-dealkylation sites (tertiary alicyclic amines) is 1. The molecule has 1 aliphatic heterocycles. The van der Waals surface area contributed by atoms with Crippen LogP contribution in [0.1, 0.15) is 63.1 Å². The molecule has 140 valence electrons. The van der Waals surface area contributed by atoms with Gasteiger partial charge in [-0.2, -0.15) is 0 Å². The van der Waals surface area contributed by atoms with Gasteiger partial charge in [0.2, 0.25) is 11.8 Å². The second-order valence-electron chi connectivity index (χ2n) is 7.54. The van der Waals surface area contributed by atoms with Gasteiger partial charge in [0, 0.05) is 26.6 Å². The molecule has 0 aromatic carbocycles. The van der Waals surface area contributed by atoms with Crippen molar-refractivity contribution in [1.29, 1.82) is 0 Å². The average molecular weight is 350 g/mol. The first-order valence-electron chi connectivity index (χ1n) is 9.58. The zero-order valence-corrected chi connectivity index (χ0v) is 15.2. The standard InChI is InChI=1S/C18H30N4O3/c1-14-20-21-16(25-14)12-19-13-18(24)9-5-10-22(17(18)23)11-8-15-6-3-2-4-7-15/h15,19,24H,2-13H2,1H3. The zero-order chi connectivity index (χ0) is 17.7. The molecule has 1 aliphatic carbocycles. The van der Waals surface area contributed by atoms with E-state index in [0.717, 1.165) is 31.8 Å². The Morgan fingerprint density at radius 3 is 2.80 bits per heavy atom. The number of nitrogens with zero attached hydrogens (tertiary/aromatic N) is 3. The number of piperidine rings is 1. The van der Waals surface area contributed by atoms with Crippen LogP contribution in [0.4, 0.5) is 0 Å². The van der Waals surface area contributed by atoms with Crippen molar-refractivity contribution in [3.05, 3.63) is 11.8 Å².